The van der Waals surface area contributed by atoms with Crippen LogP contribution in [-0.4, -0.2) is 23.0 Å². The zero-order valence-corrected chi connectivity index (χ0v) is 11.4. The van der Waals surface area contributed by atoms with Gasteiger partial charge in [-0.05, 0) is 44.5 Å². The molecule has 0 aliphatic carbocycles. The van der Waals surface area contributed by atoms with Crippen molar-refractivity contribution in [2.45, 2.75) is 32.7 Å². The van der Waals surface area contributed by atoms with Crippen LogP contribution in [-0.2, 0) is 6.54 Å². The molecule has 3 rings (SSSR count). The molecule has 100 valence electrons. The highest BCUT2D eigenvalue weighted by atomic mass is 16.3. The predicted octanol–water partition coefficient (Wildman–Crippen LogP) is 3.64. The van der Waals surface area contributed by atoms with E-state index in [-0.39, 0.29) is 0 Å². The molecule has 1 aliphatic heterocycles. The monoisotopic (exact) mass is 256 g/mol. The van der Waals surface area contributed by atoms with Crippen LogP contribution in [0.5, 0.6) is 0 Å². The number of hydrogen-bond acceptors (Lipinski definition) is 3. The Bertz CT molecular complexity index is 541. The molecule has 19 heavy (non-hydrogen) atoms. The van der Waals surface area contributed by atoms with E-state index in [0.29, 0.717) is 0 Å². The number of likely N-dealkylation sites (tertiary alicyclic amines) is 1. The fourth-order valence-corrected chi connectivity index (χ4v) is 2.66. The van der Waals surface area contributed by atoms with Crippen LogP contribution in [0, 0.1) is 6.92 Å². The van der Waals surface area contributed by atoms with E-state index < -0.39 is 0 Å². The van der Waals surface area contributed by atoms with E-state index in [2.05, 4.69) is 28.9 Å². The van der Waals surface area contributed by atoms with Crippen molar-refractivity contribution >= 4 is 0 Å². The van der Waals surface area contributed by atoms with E-state index in [1.165, 1.54) is 37.9 Å². The molecule has 0 spiro atoms. The molecule has 0 radical (unpaired) electrons. The first-order chi connectivity index (χ1) is 9.33. The standard InChI is InChI=1S/C16H20N2O/c1-13-7-3-4-8-15(13)16-17-14(12-19-16)11-18-9-5-2-6-10-18/h3-4,7-8,12H,2,5-6,9-11H2,1H3. The van der Waals surface area contributed by atoms with Gasteiger partial charge < -0.3 is 4.42 Å². The summed E-state index contributed by atoms with van der Waals surface area (Å²) in [5.41, 5.74) is 3.33. The van der Waals surface area contributed by atoms with Crippen molar-refractivity contribution in [2.75, 3.05) is 13.1 Å². The van der Waals surface area contributed by atoms with Gasteiger partial charge >= 0.3 is 0 Å². The topological polar surface area (TPSA) is 29.3 Å². The molecule has 2 aromatic rings. The lowest BCUT2D eigenvalue weighted by atomic mass is 10.1. The number of aryl methyl sites for hydroxylation is 1. The Hall–Kier alpha value is -1.61. The van der Waals surface area contributed by atoms with E-state index in [1.807, 2.05) is 12.1 Å². The minimum Gasteiger partial charge on any atom is -0.444 e. The van der Waals surface area contributed by atoms with Gasteiger partial charge in [-0.1, -0.05) is 24.6 Å². The third-order valence-corrected chi connectivity index (χ3v) is 3.76. The summed E-state index contributed by atoms with van der Waals surface area (Å²) < 4.78 is 5.64. The minimum absolute atomic E-state index is 0.741. The second-order valence-electron chi connectivity index (χ2n) is 5.30. The van der Waals surface area contributed by atoms with Gasteiger partial charge in [0.1, 0.15) is 6.26 Å². The third kappa shape index (κ3) is 2.87. The molecule has 2 heterocycles. The van der Waals surface area contributed by atoms with Gasteiger partial charge in [-0.2, -0.15) is 0 Å². The molecule has 0 saturated carbocycles. The Kier molecular flexibility index (Phi) is 3.65. The molecule has 1 saturated heterocycles. The first kappa shape index (κ1) is 12.4. The van der Waals surface area contributed by atoms with Crippen molar-refractivity contribution in [1.29, 1.82) is 0 Å². The number of hydrogen-bond donors (Lipinski definition) is 0. The highest BCUT2D eigenvalue weighted by Gasteiger charge is 2.14. The Morgan fingerprint density at radius 3 is 2.74 bits per heavy atom. The summed E-state index contributed by atoms with van der Waals surface area (Å²) in [6.45, 7) is 5.37. The zero-order chi connectivity index (χ0) is 13.1. The summed E-state index contributed by atoms with van der Waals surface area (Å²) in [6, 6.07) is 8.21. The summed E-state index contributed by atoms with van der Waals surface area (Å²) in [4.78, 5) is 7.09. The summed E-state index contributed by atoms with van der Waals surface area (Å²) >= 11 is 0. The smallest absolute Gasteiger partial charge is 0.226 e. The van der Waals surface area contributed by atoms with E-state index in [9.17, 15) is 0 Å². The van der Waals surface area contributed by atoms with Gasteiger partial charge in [0.25, 0.3) is 0 Å². The molecule has 0 N–H and O–H groups in total. The minimum atomic E-state index is 0.741. The van der Waals surface area contributed by atoms with Crippen LogP contribution >= 0.6 is 0 Å². The van der Waals surface area contributed by atoms with Crippen molar-refractivity contribution in [2.24, 2.45) is 0 Å². The number of piperidine rings is 1. The fourth-order valence-electron chi connectivity index (χ4n) is 2.66. The number of benzene rings is 1. The number of aromatic nitrogens is 1. The molecule has 3 nitrogen and oxygen atoms in total. The van der Waals surface area contributed by atoms with Crippen LogP contribution in [0.15, 0.2) is 34.9 Å². The Labute approximate surface area is 114 Å². The molecule has 0 amide bonds. The van der Waals surface area contributed by atoms with E-state index in [0.717, 1.165) is 23.7 Å². The Morgan fingerprint density at radius 2 is 1.95 bits per heavy atom. The summed E-state index contributed by atoms with van der Waals surface area (Å²) in [7, 11) is 0. The van der Waals surface area contributed by atoms with Crippen molar-refractivity contribution in [3.8, 4) is 11.5 Å². The van der Waals surface area contributed by atoms with E-state index >= 15 is 0 Å². The molecular weight excluding hydrogens is 236 g/mol. The highest BCUT2D eigenvalue weighted by molar-refractivity contribution is 5.58. The molecule has 0 unspecified atom stereocenters. The number of oxazole rings is 1. The average Bonchev–Trinajstić information content (AvgIpc) is 2.89. The first-order valence-electron chi connectivity index (χ1n) is 7.06. The van der Waals surface area contributed by atoms with Crippen LogP contribution in [0.3, 0.4) is 0 Å². The molecule has 1 fully saturated rings. The maximum atomic E-state index is 5.64. The van der Waals surface area contributed by atoms with Gasteiger partial charge in [0.2, 0.25) is 5.89 Å². The van der Waals surface area contributed by atoms with Crippen molar-refractivity contribution in [3.05, 3.63) is 41.8 Å². The summed E-state index contributed by atoms with van der Waals surface area (Å²) in [6.07, 6.45) is 5.78. The number of nitrogens with zero attached hydrogens (tertiary/aromatic N) is 2. The van der Waals surface area contributed by atoms with Gasteiger partial charge in [-0.15, -0.1) is 0 Å². The quantitative estimate of drug-likeness (QED) is 0.839. The molecule has 1 aromatic heterocycles. The van der Waals surface area contributed by atoms with E-state index in [1.54, 1.807) is 6.26 Å². The molecule has 0 bridgehead atoms. The predicted molar refractivity (Wildman–Crippen MR) is 75.8 cm³/mol. The molecule has 1 aliphatic rings. The van der Waals surface area contributed by atoms with Crippen LogP contribution < -0.4 is 0 Å². The van der Waals surface area contributed by atoms with Crippen LogP contribution in [0.25, 0.3) is 11.5 Å². The number of rotatable bonds is 3. The highest BCUT2D eigenvalue weighted by Crippen LogP contribution is 2.23. The zero-order valence-electron chi connectivity index (χ0n) is 11.4. The van der Waals surface area contributed by atoms with Crippen LogP contribution in [0.1, 0.15) is 30.5 Å². The lowest BCUT2D eigenvalue weighted by Crippen LogP contribution is -2.29. The lowest BCUT2D eigenvalue weighted by molar-refractivity contribution is 0.218. The van der Waals surface area contributed by atoms with Crippen molar-refractivity contribution in [3.63, 3.8) is 0 Å². The normalized spacial score (nSPS) is 16.7. The second-order valence-corrected chi connectivity index (χ2v) is 5.30. The van der Waals surface area contributed by atoms with Gasteiger partial charge in [0.15, 0.2) is 0 Å². The van der Waals surface area contributed by atoms with Crippen LogP contribution in [0.2, 0.25) is 0 Å². The van der Waals surface area contributed by atoms with Gasteiger partial charge in [-0.3, -0.25) is 4.90 Å². The molecular formula is C16H20N2O. The maximum absolute atomic E-state index is 5.64. The molecule has 0 atom stereocenters. The SMILES string of the molecule is Cc1ccccc1-c1nc(CN2CCCCC2)co1. The largest absolute Gasteiger partial charge is 0.444 e. The molecule has 3 heteroatoms. The first-order valence-corrected chi connectivity index (χ1v) is 7.06. The lowest BCUT2D eigenvalue weighted by Gasteiger charge is -2.25. The van der Waals surface area contributed by atoms with Crippen molar-refractivity contribution in [1.82, 2.24) is 9.88 Å². The van der Waals surface area contributed by atoms with E-state index in [4.69, 9.17) is 4.42 Å². The average molecular weight is 256 g/mol. The van der Waals surface area contributed by atoms with Crippen LogP contribution in [0.4, 0.5) is 0 Å². The summed E-state index contributed by atoms with van der Waals surface area (Å²) in [5.74, 6) is 0.741. The van der Waals surface area contributed by atoms with Gasteiger partial charge in [0.05, 0.1) is 5.69 Å². The van der Waals surface area contributed by atoms with Gasteiger partial charge in [0, 0.05) is 12.1 Å². The third-order valence-electron chi connectivity index (χ3n) is 3.76. The maximum Gasteiger partial charge on any atom is 0.226 e. The summed E-state index contributed by atoms with van der Waals surface area (Å²) in [5, 5.41) is 0. The Balaban J connectivity index is 1.74. The van der Waals surface area contributed by atoms with Gasteiger partial charge in [-0.25, -0.2) is 4.98 Å². The Morgan fingerprint density at radius 1 is 1.16 bits per heavy atom. The fraction of sp³-hybridized carbons (Fsp3) is 0.438. The second kappa shape index (κ2) is 5.57. The van der Waals surface area contributed by atoms with Crippen molar-refractivity contribution < 1.29 is 4.42 Å². The molecule has 1 aromatic carbocycles.